The van der Waals surface area contributed by atoms with Gasteiger partial charge in [0.1, 0.15) is 0 Å². The molecule has 2 fully saturated rings. The molecule has 2 atom stereocenters. The summed E-state index contributed by atoms with van der Waals surface area (Å²) in [6.07, 6.45) is 1.40. The predicted octanol–water partition coefficient (Wildman–Crippen LogP) is 2.67. The van der Waals surface area contributed by atoms with E-state index in [0.29, 0.717) is 11.3 Å². The van der Waals surface area contributed by atoms with Crippen molar-refractivity contribution < 1.29 is 0 Å². The van der Waals surface area contributed by atoms with Gasteiger partial charge in [-0.15, -0.1) is 0 Å². The van der Waals surface area contributed by atoms with Crippen molar-refractivity contribution in [3.8, 4) is 0 Å². The molecule has 3 rings (SSSR count). The standard InChI is InChI=1S/C14H19N/c1-10(2)11-3-5-12(6-4-11)14-7-13(14)8-15-9-14/h3-6,10,13,15H,7-9H2,1-2H3/t13-,14?/m1/s1. The molecule has 1 aliphatic carbocycles. The first kappa shape index (κ1) is 9.41. The molecule has 2 aliphatic rings. The number of nitrogens with one attached hydrogen (secondary N) is 1. The second-order valence-corrected chi connectivity index (χ2v) is 5.46. The number of piperidine rings is 1. The molecular formula is C14H19N. The number of fused-ring (bicyclic) bond motifs is 1. The normalized spacial score (nSPS) is 33.1. The van der Waals surface area contributed by atoms with Crippen molar-refractivity contribution >= 4 is 0 Å². The molecule has 0 bridgehead atoms. The van der Waals surface area contributed by atoms with Crippen LogP contribution in [0.5, 0.6) is 0 Å². The van der Waals surface area contributed by atoms with Gasteiger partial charge in [-0.05, 0) is 35.9 Å². The monoisotopic (exact) mass is 201 g/mol. The van der Waals surface area contributed by atoms with Crippen LogP contribution in [0.1, 0.15) is 37.3 Å². The zero-order valence-corrected chi connectivity index (χ0v) is 9.59. The number of benzene rings is 1. The Bertz CT molecular complexity index is 365. The van der Waals surface area contributed by atoms with Gasteiger partial charge in [0.15, 0.2) is 0 Å². The van der Waals surface area contributed by atoms with Crippen molar-refractivity contribution in [1.29, 1.82) is 0 Å². The van der Waals surface area contributed by atoms with Crippen molar-refractivity contribution in [3.05, 3.63) is 35.4 Å². The van der Waals surface area contributed by atoms with Crippen LogP contribution in [0.15, 0.2) is 24.3 Å². The van der Waals surface area contributed by atoms with Crippen LogP contribution < -0.4 is 5.32 Å². The van der Waals surface area contributed by atoms with E-state index in [1.807, 2.05) is 0 Å². The molecule has 15 heavy (non-hydrogen) atoms. The Morgan fingerprint density at radius 2 is 2.00 bits per heavy atom. The van der Waals surface area contributed by atoms with Crippen LogP contribution in [0.3, 0.4) is 0 Å². The van der Waals surface area contributed by atoms with Gasteiger partial charge >= 0.3 is 0 Å². The highest BCUT2D eigenvalue weighted by Gasteiger charge is 2.57. The Morgan fingerprint density at radius 3 is 2.47 bits per heavy atom. The highest BCUT2D eigenvalue weighted by molar-refractivity contribution is 5.38. The van der Waals surface area contributed by atoms with Gasteiger partial charge in [0.2, 0.25) is 0 Å². The lowest BCUT2D eigenvalue weighted by Crippen LogP contribution is -2.19. The highest BCUT2D eigenvalue weighted by Crippen LogP contribution is 2.56. The van der Waals surface area contributed by atoms with Crippen LogP contribution in [-0.4, -0.2) is 13.1 Å². The molecule has 80 valence electrons. The topological polar surface area (TPSA) is 12.0 Å². The molecule has 0 spiro atoms. The number of hydrogen-bond acceptors (Lipinski definition) is 1. The minimum Gasteiger partial charge on any atom is -0.316 e. The average Bonchev–Trinajstić information content (AvgIpc) is 2.82. The van der Waals surface area contributed by atoms with Gasteiger partial charge in [-0.25, -0.2) is 0 Å². The highest BCUT2D eigenvalue weighted by atomic mass is 15.0. The Balaban J connectivity index is 1.88. The summed E-state index contributed by atoms with van der Waals surface area (Å²) in [5.74, 6) is 1.57. The smallest absolute Gasteiger partial charge is 0.0122 e. The molecular weight excluding hydrogens is 182 g/mol. The Hall–Kier alpha value is -0.820. The van der Waals surface area contributed by atoms with Crippen molar-refractivity contribution in [2.45, 2.75) is 31.6 Å². The molecule has 1 aromatic carbocycles. The SMILES string of the molecule is CC(C)c1ccc(C23CNC[C@H]2C3)cc1. The van der Waals surface area contributed by atoms with Gasteiger partial charge < -0.3 is 5.32 Å². The van der Waals surface area contributed by atoms with E-state index >= 15 is 0 Å². The summed E-state index contributed by atoms with van der Waals surface area (Å²) in [6.45, 7) is 6.93. The molecule has 0 aromatic heterocycles. The largest absolute Gasteiger partial charge is 0.316 e. The molecule has 1 unspecified atom stereocenters. The van der Waals surface area contributed by atoms with E-state index in [9.17, 15) is 0 Å². The quantitative estimate of drug-likeness (QED) is 0.775. The van der Waals surface area contributed by atoms with Gasteiger partial charge in [0, 0.05) is 12.0 Å². The number of rotatable bonds is 2. The van der Waals surface area contributed by atoms with Crippen molar-refractivity contribution in [2.75, 3.05) is 13.1 Å². The van der Waals surface area contributed by atoms with Crippen LogP contribution >= 0.6 is 0 Å². The first-order valence-electron chi connectivity index (χ1n) is 6.03. The maximum Gasteiger partial charge on any atom is 0.0122 e. The summed E-state index contributed by atoms with van der Waals surface area (Å²) in [7, 11) is 0. The molecule has 1 saturated heterocycles. The second kappa shape index (κ2) is 3.08. The van der Waals surface area contributed by atoms with Crippen LogP contribution in [0.2, 0.25) is 0 Å². The van der Waals surface area contributed by atoms with Crippen LogP contribution in [0.25, 0.3) is 0 Å². The van der Waals surface area contributed by atoms with E-state index in [2.05, 4.69) is 43.4 Å². The lowest BCUT2D eigenvalue weighted by atomic mass is 9.92. The minimum absolute atomic E-state index is 0.523. The van der Waals surface area contributed by atoms with Gasteiger partial charge in [0.25, 0.3) is 0 Å². The summed E-state index contributed by atoms with van der Waals surface area (Å²) in [5.41, 5.74) is 3.54. The Kier molecular flexibility index (Phi) is 1.93. The Labute approximate surface area is 91.9 Å². The van der Waals surface area contributed by atoms with Crippen molar-refractivity contribution in [2.24, 2.45) is 5.92 Å². The van der Waals surface area contributed by atoms with E-state index in [1.165, 1.54) is 25.1 Å². The van der Waals surface area contributed by atoms with Crippen LogP contribution in [0, 0.1) is 5.92 Å². The third-order valence-electron chi connectivity index (χ3n) is 4.22. The third kappa shape index (κ3) is 1.33. The summed E-state index contributed by atoms with van der Waals surface area (Å²) in [6, 6.07) is 9.32. The molecule has 0 amide bonds. The van der Waals surface area contributed by atoms with Crippen molar-refractivity contribution in [1.82, 2.24) is 5.32 Å². The van der Waals surface area contributed by atoms with E-state index in [1.54, 1.807) is 5.56 Å². The second-order valence-electron chi connectivity index (χ2n) is 5.46. The predicted molar refractivity (Wildman–Crippen MR) is 63.2 cm³/mol. The lowest BCUT2D eigenvalue weighted by Gasteiger charge is -2.13. The molecule has 1 nitrogen and oxygen atoms in total. The summed E-state index contributed by atoms with van der Waals surface area (Å²) >= 11 is 0. The molecule has 1 heteroatoms. The van der Waals surface area contributed by atoms with Gasteiger partial charge in [0.05, 0.1) is 0 Å². The minimum atomic E-state index is 0.523. The van der Waals surface area contributed by atoms with E-state index in [4.69, 9.17) is 0 Å². The number of hydrogen-bond donors (Lipinski definition) is 1. The average molecular weight is 201 g/mol. The first-order chi connectivity index (χ1) is 7.22. The van der Waals surface area contributed by atoms with Crippen molar-refractivity contribution in [3.63, 3.8) is 0 Å². The molecule has 0 radical (unpaired) electrons. The van der Waals surface area contributed by atoms with Gasteiger partial charge in [-0.2, -0.15) is 0 Å². The maximum absolute atomic E-state index is 3.50. The van der Waals surface area contributed by atoms with E-state index < -0.39 is 0 Å². The summed E-state index contributed by atoms with van der Waals surface area (Å²) in [5, 5.41) is 3.50. The molecule has 1 heterocycles. The van der Waals surface area contributed by atoms with Gasteiger partial charge in [-0.3, -0.25) is 0 Å². The van der Waals surface area contributed by atoms with E-state index in [-0.39, 0.29) is 0 Å². The molecule has 1 saturated carbocycles. The van der Waals surface area contributed by atoms with Crippen LogP contribution in [0.4, 0.5) is 0 Å². The summed E-state index contributed by atoms with van der Waals surface area (Å²) in [4.78, 5) is 0. The maximum atomic E-state index is 3.50. The Morgan fingerprint density at radius 1 is 1.27 bits per heavy atom. The first-order valence-corrected chi connectivity index (χ1v) is 6.03. The third-order valence-corrected chi connectivity index (χ3v) is 4.22. The fourth-order valence-corrected chi connectivity index (χ4v) is 2.99. The van der Waals surface area contributed by atoms with Gasteiger partial charge in [-0.1, -0.05) is 38.1 Å². The van der Waals surface area contributed by atoms with E-state index in [0.717, 1.165) is 5.92 Å². The summed E-state index contributed by atoms with van der Waals surface area (Å²) < 4.78 is 0. The lowest BCUT2D eigenvalue weighted by molar-refractivity contribution is 0.675. The molecule has 1 aliphatic heterocycles. The fraction of sp³-hybridized carbons (Fsp3) is 0.571. The molecule has 1 N–H and O–H groups in total. The zero-order valence-electron chi connectivity index (χ0n) is 9.59. The van der Waals surface area contributed by atoms with Crippen LogP contribution in [-0.2, 0) is 5.41 Å². The zero-order chi connectivity index (χ0) is 10.5. The fourth-order valence-electron chi connectivity index (χ4n) is 2.99. The molecule has 1 aromatic rings.